The van der Waals surface area contributed by atoms with E-state index >= 15 is 0 Å². The van der Waals surface area contributed by atoms with Crippen molar-refractivity contribution in [3.63, 3.8) is 0 Å². The van der Waals surface area contributed by atoms with Crippen molar-refractivity contribution in [3.8, 4) is 0 Å². The van der Waals surface area contributed by atoms with Crippen LogP contribution in [0.3, 0.4) is 0 Å². The molecular weight excluding hydrogens is 362 g/mol. The Labute approximate surface area is 164 Å². The molecule has 1 aromatic rings. The Hall–Kier alpha value is -1.44. The van der Waals surface area contributed by atoms with Crippen molar-refractivity contribution in [3.05, 3.63) is 27.8 Å². The number of nitrogens with one attached hydrogen (secondary N) is 2. The van der Waals surface area contributed by atoms with Crippen molar-refractivity contribution in [2.75, 3.05) is 32.7 Å². The first-order valence-electron chi connectivity index (χ1n) is 9.62. The average Bonchev–Trinajstić information content (AvgIpc) is 2.61. The van der Waals surface area contributed by atoms with Crippen LogP contribution in [-0.2, 0) is 14.8 Å². The second kappa shape index (κ2) is 10.2. The summed E-state index contributed by atoms with van der Waals surface area (Å²) >= 11 is 0. The zero-order valence-corrected chi connectivity index (χ0v) is 18.6. The van der Waals surface area contributed by atoms with Crippen LogP contribution in [0.2, 0.25) is 0 Å². The van der Waals surface area contributed by atoms with Crippen LogP contribution in [0.25, 0.3) is 0 Å². The number of sulfonamides is 1. The maximum absolute atomic E-state index is 12.8. The fraction of sp³-hybridized carbons (Fsp3) is 0.650. The summed E-state index contributed by atoms with van der Waals surface area (Å²) in [5.41, 5.74) is 4.65. The molecule has 0 heterocycles. The van der Waals surface area contributed by atoms with Crippen molar-refractivity contribution < 1.29 is 13.2 Å². The van der Waals surface area contributed by atoms with E-state index in [1.54, 1.807) is 0 Å². The quantitative estimate of drug-likeness (QED) is 0.635. The van der Waals surface area contributed by atoms with Gasteiger partial charge in [-0.25, -0.2) is 13.1 Å². The molecule has 27 heavy (non-hydrogen) atoms. The van der Waals surface area contributed by atoms with Crippen LogP contribution in [-0.4, -0.2) is 51.9 Å². The van der Waals surface area contributed by atoms with Gasteiger partial charge in [-0.1, -0.05) is 13.8 Å². The Kier molecular flexibility index (Phi) is 8.91. The van der Waals surface area contributed by atoms with E-state index in [0.29, 0.717) is 11.4 Å². The largest absolute Gasteiger partial charge is 0.355 e. The molecule has 0 fully saturated rings. The van der Waals surface area contributed by atoms with Crippen LogP contribution >= 0.6 is 0 Å². The molecule has 0 unspecified atom stereocenters. The lowest BCUT2D eigenvalue weighted by molar-refractivity contribution is -0.120. The van der Waals surface area contributed by atoms with Crippen LogP contribution in [0.15, 0.2) is 4.90 Å². The monoisotopic (exact) mass is 397 g/mol. The number of benzene rings is 1. The highest BCUT2D eigenvalue weighted by Gasteiger charge is 2.23. The molecule has 6 nitrogen and oxygen atoms in total. The van der Waals surface area contributed by atoms with Gasteiger partial charge in [0.25, 0.3) is 0 Å². The van der Waals surface area contributed by atoms with E-state index in [9.17, 15) is 13.2 Å². The van der Waals surface area contributed by atoms with Gasteiger partial charge in [0.1, 0.15) is 0 Å². The Bertz CT molecular complexity index is 740. The maximum Gasteiger partial charge on any atom is 0.241 e. The molecule has 1 rings (SSSR count). The van der Waals surface area contributed by atoms with Crippen LogP contribution < -0.4 is 10.0 Å². The smallest absolute Gasteiger partial charge is 0.241 e. The Morgan fingerprint density at radius 3 is 1.81 bits per heavy atom. The SMILES string of the molecule is CCN(CC)CCNC(=O)CCNS(=O)(=O)c1c(C)c(C)c(C)c(C)c1C. The summed E-state index contributed by atoms with van der Waals surface area (Å²) in [6.07, 6.45) is 0.124. The lowest BCUT2D eigenvalue weighted by Crippen LogP contribution is -2.36. The number of nitrogens with zero attached hydrogens (tertiary/aromatic N) is 1. The first kappa shape index (κ1) is 23.6. The minimum Gasteiger partial charge on any atom is -0.355 e. The number of carbonyl (C=O) groups excluding carboxylic acids is 1. The number of hydrogen-bond acceptors (Lipinski definition) is 4. The molecule has 0 aliphatic heterocycles. The molecule has 1 amide bonds. The molecule has 2 N–H and O–H groups in total. The van der Waals surface area contributed by atoms with Gasteiger partial charge in [-0.3, -0.25) is 4.79 Å². The molecule has 0 atom stereocenters. The molecule has 154 valence electrons. The fourth-order valence-electron chi connectivity index (χ4n) is 3.22. The van der Waals surface area contributed by atoms with Crippen LogP contribution in [0, 0.1) is 34.6 Å². The van der Waals surface area contributed by atoms with Gasteiger partial charge >= 0.3 is 0 Å². The number of carbonyl (C=O) groups is 1. The molecule has 0 bridgehead atoms. The van der Waals surface area contributed by atoms with Crippen molar-refractivity contribution in [2.45, 2.75) is 59.8 Å². The average molecular weight is 398 g/mol. The molecule has 1 aromatic carbocycles. The Balaban J connectivity index is 2.69. The van der Waals surface area contributed by atoms with E-state index in [1.165, 1.54) is 0 Å². The first-order chi connectivity index (χ1) is 12.6. The lowest BCUT2D eigenvalue weighted by atomic mass is 9.95. The minimum absolute atomic E-state index is 0.0876. The van der Waals surface area contributed by atoms with Gasteiger partial charge in [0, 0.05) is 26.1 Å². The summed E-state index contributed by atoms with van der Waals surface area (Å²) in [7, 11) is -3.66. The second-order valence-electron chi connectivity index (χ2n) is 6.98. The number of amides is 1. The number of rotatable bonds is 10. The van der Waals surface area contributed by atoms with Crippen LogP contribution in [0.1, 0.15) is 48.1 Å². The highest BCUT2D eigenvalue weighted by Crippen LogP contribution is 2.29. The van der Waals surface area contributed by atoms with E-state index in [1.807, 2.05) is 34.6 Å². The summed E-state index contributed by atoms with van der Waals surface area (Å²) in [5, 5.41) is 2.84. The van der Waals surface area contributed by atoms with E-state index in [0.717, 1.165) is 47.5 Å². The number of hydrogen-bond donors (Lipinski definition) is 2. The third-order valence-electron chi connectivity index (χ3n) is 5.49. The lowest BCUT2D eigenvalue weighted by Gasteiger charge is -2.19. The van der Waals surface area contributed by atoms with Gasteiger partial charge in [-0.2, -0.15) is 0 Å². The molecule has 0 aromatic heterocycles. The molecule has 0 saturated carbocycles. The Morgan fingerprint density at radius 1 is 0.852 bits per heavy atom. The van der Waals surface area contributed by atoms with E-state index in [-0.39, 0.29) is 18.9 Å². The highest BCUT2D eigenvalue weighted by atomic mass is 32.2. The van der Waals surface area contributed by atoms with Gasteiger partial charge in [-0.15, -0.1) is 0 Å². The molecule has 0 spiro atoms. The third-order valence-corrected chi connectivity index (χ3v) is 7.22. The predicted octanol–water partition coefficient (Wildman–Crippen LogP) is 2.36. The number of likely N-dealkylation sites (N-methyl/N-ethyl adjacent to an activating group) is 1. The van der Waals surface area contributed by atoms with E-state index < -0.39 is 10.0 Å². The molecule has 0 aliphatic carbocycles. The van der Waals surface area contributed by atoms with Gasteiger partial charge in [0.2, 0.25) is 15.9 Å². The first-order valence-corrected chi connectivity index (χ1v) is 11.1. The van der Waals surface area contributed by atoms with E-state index in [2.05, 4.69) is 28.8 Å². The summed E-state index contributed by atoms with van der Waals surface area (Å²) in [6.45, 7) is 17.1. The van der Waals surface area contributed by atoms with Gasteiger partial charge in [0.05, 0.1) is 4.90 Å². The highest BCUT2D eigenvalue weighted by molar-refractivity contribution is 7.89. The normalized spacial score (nSPS) is 11.9. The fourth-order valence-corrected chi connectivity index (χ4v) is 4.85. The van der Waals surface area contributed by atoms with Crippen molar-refractivity contribution in [1.29, 1.82) is 0 Å². The summed E-state index contributed by atoms with van der Waals surface area (Å²) in [6, 6.07) is 0. The summed E-state index contributed by atoms with van der Waals surface area (Å²) in [5.74, 6) is -0.144. The third kappa shape index (κ3) is 6.02. The van der Waals surface area contributed by atoms with Crippen LogP contribution in [0.5, 0.6) is 0 Å². The van der Waals surface area contributed by atoms with Gasteiger partial charge in [-0.05, 0) is 75.5 Å². The zero-order valence-electron chi connectivity index (χ0n) is 17.8. The standard InChI is InChI=1S/C20H35N3O3S/c1-8-23(9-2)13-12-21-19(24)10-11-22-27(25,26)20-17(6)15(4)14(3)16(5)18(20)7/h22H,8-13H2,1-7H3,(H,21,24). The van der Waals surface area contributed by atoms with E-state index in [4.69, 9.17) is 0 Å². The summed E-state index contributed by atoms with van der Waals surface area (Å²) < 4.78 is 28.2. The topological polar surface area (TPSA) is 78.5 Å². The maximum atomic E-state index is 12.8. The summed E-state index contributed by atoms with van der Waals surface area (Å²) in [4.78, 5) is 14.5. The van der Waals surface area contributed by atoms with Crippen LogP contribution in [0.4, 0.5) is 0 Å². The predicted molar refractivity (Wildman–Crippen MR) is 111 cm³/mol. The Morgan fingerprint density at radius 2 is 1.33 bits per heavy atom. The van der Waals surface area contributed by atoms with Gasteiger partial charge in [0.15, 0.2) is 0 Å². The minimum atomic E-state index is -3.66. The van der Waals surface area contributed by atoms with Crippen molar-refractivity contribution >= 4 is 15.9 Å². The van der Waals surface area contributed by atoms with Gasteiger partial charge < -0.3 is 10.2 Å². The second-order valence-corrected chi connectivity index (χ2v) is 8.68. The van der Waals surface area contributed by atoms with Crippen molar-refractivity contribution in [2.24, 2.45) is 0 Å². The van der Waals surface area contributed by atoms with Crippen molar-refractivity contribution in [1.82, 2.24) is 14.9 Å². The molecule has 0 aliphatic rings. The molecule has 0 radical (unpaired) electrons. The molecule has 0 saturated heterocycles. The molecule has 7 heteroatoms. The zero-order chi connectivity index (χ0) is 20.8. The molecular formula is C20H35N3O3S.